The number of nitrogens with zero attached hydrogens (tertiary/aromatic N) is 2. The number of benzene rings is 1. The van der Waals surface area contributed by atoms with E-state index in [1.807, 2.05) is 24.8 Å². The Morgan fingerprint density at radius 1 is 1.33 bits per heavy atom. The minimum atomic E-state index is -0.222. The Morgan fingerprint density at radius 2 is 2.11 bits per heavy atom. The first kappa shape index (κ1) is 17.6. The van der Waals surface area contributed by atoms with Gasteiger partial charge in [-0.05, 0) is 38.8 Å². The predicted molar refractivity (Wildman–Crippen MR) is 97.4 cm³/mol. The molecule has 1 N–H and O–H groups in total. The molecular formula is C20H23N3O4. The maximum absolute atomic E-state index is 12.8. The Bertz CT molecular complexity index is 852. The Hall–Kier alpha value is -2.83. The van der Waals surface area contributed by atoms with Gasteiger partial charge in [-0.25, -0.2) is 0 Å². The van der Waals surface area contributed by atoms with Crippen LogP contribution in [0, 0.1) is 13.8 Å². The quantitative estimate of drug-likeness (QED) is 0.845. The number of carbonyl (C=O) groups is 2. The molecule has 1 unspecified atom stereocenters. The number of hydrogen-bond acceptors (Lipinski definition) is 5. The van der Waals surface area contributed by atoms with E-state index < -0.39 is 0 Å². The first-order valence-electron chi connectivity index (χ1n) is 9.27. The maximum atomic E-state index is 12.8. The van der Waals surface area contributed by atoms with Crippen LogP contribution in [0.15, 0.2) is 28.8 Å². The van der Waals surface area contributed by atoms with Crippen molar-refractivity contribution in [3.63, 3.8) is 0 Å². The zero-order valence-electron chi connectivity index (χ0n) is 15.5. The van der Waals surface area contributed by atoms with Crippen molar-refractivity contribution in [1.82, 2.24) is 15.4 Å². The van der Waals surface area contributed by atoms with Gasteiger partial charge in [0.15, 0.2) is 0 Å². The molecule has 4 rings (SSSR count). The van der Waals surface area contributed by atoms with Crippen LogP contribution in [-0.4, -0.2) is 40.5 Å². The van der Waals surface area contributed by atoms with Gasteiger partial charge in [-0.2, -0.15) is 0 Å². The fourth-order valence-corrected chi connectivity index (χ4v) is 3.47. The zero-order chi connectivity index (χ0) is 19.0. The summed E-state index contributed by atoms with van der Waals surface area (Å²) in [6.07, 6.45) is 2.51. The average molecular weight is 369 g/mol. The summed E-state index contributed by atoms with van der Waals surface area (Å²) >= 11 is 0. The first-order valence-corrected chi connectivity index (χ1v) is 9.27. The summed E-state index contributed by atoms with van der Waals surface area (Å²) in [6.45, 7) is 4.57. The van der Waals surface area contributed by atoms with Crippen molar-refractivity contribution in [2.75, 3.05) is 6.54 Å². The molecule has 0 radical (unpaired) electrons. The second-order valence-corrected chi connectivity index (χ2v) is 7.24. The van der Waals surface area contributed by atoms with Crippen LogP contribution in [0.5, 0.6) is 5.75 Å². The summed E-state index contributed by atoms with van der Waals surface area (Å²) in [5, 5.41) is 6.90. The summed E-state index contributed by atoms with van der Waals surface area (Å²) in [7, 11) is 0. The van der Waals surface area contributed by atoms with Crippen molar-refractivity contribution in [3.05, 3.63) is 46.8 Å². The lowest BCUT2D eigenvalue weighted by Gasteiger charge is -2.17. The van der Waals surface area contributed by atoms with E-state index in [0.29, 0.717) is 36.1 Å². The van der Waals surface area contributed by atoms with Crippen molar-refractivity contribution >= 4 is 11.8 Å². The maximum Gasteiger partial charge on any atom is 0.255 e. The summed E-state index contributed by atoms with van der Waals surface area (Å²) < 4.78 is 11.0. The van der Waals surface area contributed by atoms with Crippen LogP contribution in [0.1, 0.15) is 46.6 Å². The van der Waals surface area contributed by atoms with Crippen molar-refractivity contribution in [2.45, 2.75) is 51.8 Å². The molecule has 1 atom stereocenters. The Morgan fingerprint density at radius 3 is 2.81 bits per heavy atom. The fourth-order valence-electron chi connectivity index (χ4n) is 3.47. The molecule has 7 nitrogen and oxygen atoms in total. The summed E-state index contributed by atoms with van der Waals surface area (Å²) in [5.41, 5.74) is 2.12. The van der Waals surface area contributed by atoms with Crippen LogP contribution in [0.25, 0.3) is 0 Å². The highest BCUT2D eigenvalue weighted by Gasteiger charge is 2.39. The number of hydrogen-bond donors (Lipinski definition) is 1. The molecule has 0 bridgehead atoms. The van der Waals surface area contributed by atoms with Gasteiger partial charge in [-0.3, -0.25) is 9.59 Å². The number of aromatic nitrogens is 1. The average Bonchev–Trinajstić information content (AvgIpc) is 3.36. The van der Waals surface area contributed by atoms with Crippen LogP contribution in [0.4, 0.5) is 0 Å². The lowest BCUT2D eigenvalue weighted by atomic mass is 10.1. The monoisotopic (exact) mass is 369 g/mol. The number of likely N-dealkylation sites (tertiary alicyclic amines) is 1. The predicted octanol–water partition coefficient (Wildman–Crippen LogP) is 2.36. The van der Waals surface area contributed by atoms with E-state index in [1.165, 1.54) is 0 Å². The van der Waals surface area contributed by atoms with Crippen molar-refractivity contribution in [3.8, 4) is 5.75 Å². The largest absolute Gasteiger partial charge is 0.488 e. The number of rotatable bonds is 6. The molecule has 1 saturated carbocycles. The normalized spacial score (nSPS) is 19.4. The van der Waals surface area contributed by atoms with Crippen LogP contribution in [0.3, 0.4) is 0 Å². The van der Waals surface area contributed by atoms with Crippen LogP contribution in [0.2, 0.25) is 0 Å². The smallest absolute Gasteiger partial charge is 0.255 e. The Kier molecular flexibility index (Phi) is 4.59. The number of aryl methyl sites for hydroxylation is 2. The van der Waals surface area contributed by atoms with Crippen molar-refractivity contribution in [1.29, 1.82) is 0 Å². The van der Waals surface area contributed by atoms with E-state index >= 15 is 0 Å². The summed E-state index contributed by atoms with van der Waals surface area (Å²) in [5.74, 6) is 1.11. The van der Waals surface area contributed by atoms with Gasteiger partial charge in [0.1, 0.15) is 18.1 Å². The fraction of sp³-hybridized carbons (Fsp3) is 0.450. The topological polar surface area (TPSA) is 84.7 Å². The molecule has 1 saturated heterocycles. The first-order chi connectivity index (χ1) is 13.0. The molecule has 1 aromatic heterocycles. The molecule has 2 aromatic rings. The molecule has 1 aliphatic heterocycles. The molecule has 2 fully saturated rings. The summed E-state index contributed by atoms with van der Waals surface area (Å²) in [4.78, 5) is 26.7. The van der Waals surface area contributed by atoms with Crippen LogP contribution < -0.4 is 10.1 Å². The third-order valence-electron chi connectivity index (χ3n) is 5.17. The van der Waals surface area contributed by atoms with Gasteiger partial charge in [-0.1, -0.05) is 17.3 Å². The van der Waals surface area contributed by atoms with E-state index in [1.54, 1.807) is 18.2 Å². The van der Waals surface area contributed by atoms with Gasteiger partial charge >= 0.3 is 0 Å². The van der Waals surface area contributed by atoms with Gasteiger partial charge in [-0.15, -0.1) is 0 Å². The van der Waals surface area contributed by atoms with Crippen LogP contribution >= 0.6 is 0 Å². The minimum Gasteiger partial charge on any atom is -0.488 e. The van der Waals surface area contributed by atoms with Gasteiger partial charge in [0, 0.05) is 19.0 Å². The van der Waals surface area contributed by atoms with E-state index in [9.17, 15) is 9.59 Å². The number of ether oxygens (including phenoxy) is 1. The molecule has 0 spiro atoms. The van der Waals surface area contributed by atoms with E-state index in [2.05, 4.69) is 10.5 Å². The van der Waals surface area contributed by atoms with Crippen molar-refractivity contribution < 1.29 is 18.8 Å². The SMILES string of the molecule is Cc1noc(C)c1COc1ccccc1C(=O)NC1CC(=O)N(C2CC2)C1. The number of amides is 2. The molecule has 2 amide bonds. The van der Waals surface area contributed by atoms with E-state index in [0.717, 1.165) is 24.1 Å². The second kappa shape index (κ2) is 7.06. The van der Waals surface area contributed by atoms with E-state index in [4.69, 9.17) is 9.26 Å². The molecular weight excluding hydrogens is 346 g/mol. The molecule has 142 valence electrons. The van der Waals surface area contributed by atoms with Crippen molar-refractivity contribution in [2.24, 2.45) is 0 Å². The minimum absolute atomic E-state index is 0.130. The number of para-hydroxylation sites is 1. The molecule has 2 aliphatic rings. The molecule has 27 heavy (non-hydrogen) atoms. The lowest BCUT2D eigenvalue weighted by Crippen LogP contribution is -2.37. The second-order valence-electron chi connectivity index (χ2n) is 7.24. The van der Waals surface area contributed by atoms with E-state index in [-0.39, 0.29) is 24.5 Å². The third kappa shape index (κ3) is 3.67. The van der Waals surface area contributed by atoms with Gasteiger partial charge in [0.2, 0.25) is 5.91 Å². The highest BCUT2D eigenvalue weighted by atomic mass is 16.5. The highest BCUT2D eigenvalue weighted by molar-refractivity contribution is 5.97. The third-order valence-corrected chi connectivity index (χ3v) is 5.17. The molecule has 1 aliphatic carbocycles. The van der Waals surface area contributed by atoms with Gasteiger partial charge in [0.25, 0.3) is 5.91 Å². The number of nitrogens with one attached hydrogen (secondary N) is 1. The lowest BCUT2D eigenvalue weighted by molar-refractivity contribution is -0.128. The summed E-state index contributed by atoms with van der Waals surface area (Å²) in [6, 6.07) is 7.35. The molecule has 1 aromatic carbocycles. The van der Waals surface area contributed by atoms with Gasteiger partial charge < -0.3 is 19.5 Å². The highest BCUT2D eigenvalue weighted by Crippen LogP contribution is 2.31. The zero-order valence-corrected chi connectivity index (χ0v) is 15.5. The van der Waals surface area contributed by atoms with Gasteiger partial charge in [0.05, 0.1) is 22.9 Å². The van der Waals surface area contributed by atoms with Crippen LogP contribution in [-0.2, 0) is 11.4 Å². The Labute approximate surface area is 157 Å². The number of carbonyl (C=O) groups excluding carboxylic acids is 2. The molecule has 7 heteroatoms. The molecule has 2 heterocycles. The Balaban J connectivity index is 1.42. The standard InChI is InChI=1S/C20H23N3O4/c1-12-17(13(2)27-22-12)11-26-18-6-4-3-5-16(18)20(25)21-14-9-19(24)23(10-14)15-7-8-15/h3-6,14-15H,7-11H2,1-2H3,(H,21,25).